The van der Waals surface area contributed by atoms with Gasteiger partial charge in [0, 0.05) is 12.2 Å². The molecule has 0 amide bonds. The topological polar surface area (TPSA) is 24.9 Å². The van der Waals surface area contributed by atoms with E-state index >= 15 is 0 Å². The van der Waals surface area contributed by atoms with E-state index in [2.05, 4.69) is 37.1 Å². The first-order valence-electron chi connectivity index (χ1n) is 4.40. The Bertz CT molecular complexity index is 245. The van der Waals surface area contributed by atoms with Crippen molar-refractivity contribution in [3.63, 3.8) is 0 Å². The maximum Gasteiger partial charge on any atom is 0.0572 e. The van der Waals surface area contributed by atoms with Crippen LogP contribution in [0.4, 0.5) is 0 Å². The second-order valence-electron chi connectivity index (χ2n) is 3.04. The van der Waals surface area contributed by atoms with Crippen molar-refractivity contribution < 1.29 is 0 Å². The van der Waals surface area contributed by atoms with Gasteiger partial charge in [0.25, 0.3) is 0 Å². The highest BCUT2D eigenvalue weighted by Gasteiger charge is 2.03. The number of hydrogen-bond donors (Lipinski definition) is 1. The van der Waals surface area contributed by atoms with Gasteiger partial charge in [0.15, 0.2) is 0 Å². The van der Waals surface area contributed by atoms with Crippen LogP contribution in [0.5, 0.6) is 0 Å². The first kappa shape index (κ1) is 9.20. The van der Waals surface area contributed by atoms with Gasteiger partial charge in [-0.1, -0.05) is 6.92 Å². The molecule has 0 spiro atoms. The molecule has 0 bridgehead atoms. The van der Waals surface area contributed by atoms with Crippen LogP contribution in [-0.2, 0) is 0 Å². The van der Waals surface area contributed by atoms with E-state index in [0.29, 0.717) is 6.04 Å². The lowest BCUT2D eigenvalue weighted by Crippen LogP contribution is -2.18. The van der Waals surface area contributed by atoms with Gasteiger partial charge in [-0.25, -0.2) is 0 Å². The fourth-order valence-electron chi connectivity index (χ4n) is 1.21. The van der Waals surface area contributed by atoms with E-state index in [0.717, 1.165) is 12.2 Å². The maximum absolute atomic E-state index is 4.30. The Labute approximate surface area is 74.0 Å². The molecule has 0 aliphatic heterocycles. The second kappa shape index (κ2) is 4.21. The fraction of sp³-hybridized carbons (Fsp3) is 0.500. The van der Waals surface area contributed by atoms with E-state index in [4.69, 9.17) is 0 Å². The normalized spacial score (nSPS) is 12.9. The van der Waals surface area contributed by atoms with Gasteiger partial charge < -0.3 is 5.32 Å². The van der Waals surface area contributed by atoms with Gasteiger partial charge in [-0.05, 0) is 38.1 Å². The SMILES string of the molecule is CCNC(C)c1cc(C)ccn1. The van der Waals surface area contributed by atoms with Gasteiger partial charge in [-0.2, -0.15) is 0 Å². The fourth-order valence-corrected chi connectivity index (χ4v) is 1.21. The number of pyridine rings is 1. The first-order chi connectivity index (χ1) is 5.74. The van der Waals surface area contributed by atoms with Crippen LogP contribution in [-0.4, -0.2) is 11.5 Å². The molecule has 0 aliphatic rings. The van der Waals surface area contributed by atoms with E-state index in [9.17, 15) is 0 Å². The molecule has 1 heterocycles. The first-order valence-corrected chi connectivity index (χ1v) is 4.40. The monoisotopic (exact) mass is 164 g/mol. The quantitative estimate of drug-likeness (QED) is 0.739. The van der Waals surface area contributed by atoms with Crippen molar-refractivity contribution in [1.82, 2.24) is 10.3 Å². The number of rotatable bonds is 3. The van der Waals surface area contributed by atoms with Crippen molar-refractivity contribution in [3.05, 3.63) is 29.6 Å². The molecule has 0 saturated heterocycles. The molecular weight excluding hydrogens is 148 g/mol. The van der Waals surface area contributed by atoms with Crippen LogP contribution in [0.3, 0.4) is 0 Å². The third-order valence-corrected chi connectivity index (χ3v) is 1.89. The molecule has 1 rings (SSSR count). The highest BCUT2D eigenvalue weighted by atomic mass is 14.9. The van der Waals surface area contributed by atoms with Crippen LogP contribution >= 0.6 is 0 Å². The Morgan fingerprint density at radius 1 is 1.58 bits per heavy atom. The average Bonchev–Trinajstić information content (AvgIpc) is 2.05. The van der Waals surface area contributed by atoms with E-state index in [1.807, 2.05) is 12.3 Å². The average molecular weight is 164 g/mol. The van der Waals surface area contributed by atoms with Crippen LogP contribution < -0.4 is 5.32 Å². The molecule has 0 aliphatic carbocycles. The second-order valence-corrected chi connectivity index (χ2v) is 3.04. The summed E-state index contributed by atoms with van der Waals surface area (Å²) >= 11 is 0. The molecule has 0 radical (unpaired) electrons. The Morgan fingerprint density at radius 2 is 2.33 bits per heavy atom. The zero-order valence-electron chi connectivity index (χ0n) is 7.96. The lowest BCUT2D eigenvalue weighted by Gasteiger charge is -2.11. The Kier molecular flexibility index (Phi) is 3.23. The van der Waals surface area contributed by atoms with Crippen molar-refractivity contribution in [2.45, 2.75) is 26.8 Å². The Balaban J connectivity index is 2.73. The molecule has 0 saturated carbocycles. The standard InChI is InChI=1S/C10H16N2/c1-4-11-9(3)10-7-8(2)5-6-12-10/h5-7,9,11H,4H2,1-3H3. The van der Waals surface area contributed by atoms with E-state index < -0.39 is 0 Å². The molecule has 12 heavy (non-hydrogen) atoms. The number of nitrogens with zero attached hydrogens (tertiary/aromatic N) is 1. The number of aryl methyl sites for hydroxylation is 1. The van der Waals surface area contributed by atoms with Crippen LogP contribution in [0.15, 0.2) is 18.3 Å². The third kappa shape index (κ3) is 2.31. The molecule has 1 atom stereocenters. The van der Waals surface area contributed by atoms with Crippen molar-refractivity contribution in [2.24, 2.45) is 0 Å². The zero-order valence-corrected chi connectivity index (χ0v) is 7.96. The summed E-state index contributed by atoms with van der Waals surface area (Å²) in [5, 5.41) is 3.33. The smallest absolute Gasteiger partial charge is 0.0572 e. The summed E-state index contributed by atoms with van der Waals surface area (Å²) in [5.41, 5.74) is 2.39. The summed E-state index contributed by atoms with van der Waals surface area (Å²) in [5.74, 6) is 0. The largest absolute Gasteiger partial charge is 0.309 e. The number of nitrogens with one attached hydrogen (secondary N) is 1. The van der Waals surface area contributed by atoms with Gasteiger partial charge in [0.1, 0.15) is 0 Å². The predicted octanol–water partition coefficient (Wildman–Crippen LogP) is 2.06. The molecule has 1 N–H and O–H groups in total. The lowest BCUT2D eigenvalue weighted by molar-refractivity contribution is 0.583. The van der Waals surface area contributed by atoms with Crippen molar-refractivity contribution in [3.8, 4) is 0 Å². The van der Waals surface area contributed by atoms with Crippen molar-refractivity contribution >= 4 is 0 Å². The molecular formula is C10H16N2. The molecule has 2 heteroatoms. The van der Waals surface area contributed by atoms with Gasteiger partial charge in [-0.15, -0.1) is 0 Å². The lowest BCUT2D eigenvalue weighted by atomic mass is 10.1. The van der Waals surface area contributed by atoms with Crippen LogP contribution in [0.2, 0.25) is 0 Å². The van der Waals surface area contributed by atoms with E-state index in [1.54, 1.807) is 0 Å². The van der Waals surface area contributed by atoms with E-state index in [1.165, 1.54) is 5.56 Å². The summed E-state index contributed by atoms with van der Waals surface area (Å²) in [7, 11) is 0. The van der Waals surface area contributed by atoms with Crippen LogP contribution in [0.25, 0.3) is 0 Å². The van der Waals surface area contributed by atoms with Gasteiger partial charge in [-0.3, -0.25) is 4.98 Å². The van der Waals surface area contributed by atoms with Crippen molar-refractivity contribution in [1.29, 1.82) is 0 Å². The summed E-state index contributed by atoms with van der Waals surface area (Å²) < 4.78 is 0. The number of hydrogen-bond acceptors (Lipinski definition) is 2. The zero-order chi connectivity index (χ0) is 8.97. The van der Waals surface area contributed by atoms with E-state index in [-0.39, 0.29) is 0 Å². The molecule has 66 valence electrons. The molecule has 0 fully saturated rings. The highest BCUT2D eigenvalue weighted by molar-refractivity contribution is 5.16. The Hall–Kier alpha value is -0.890. The summed E-state index contributed by atoms with van der Waals surface area (Å²) in [6, 6.07) is 4.49. The molecule has 2 nitrogen and oxygen atoms in total. The molecule has 1 unspecified atom stereocenters. The summed E-state index contributed by atoms with van der Waals surface area (Å²) in [6.45, 7) is 7.30. The van der Waals surface area contributed by atoms with Gasteiger partial charge >= 0.3 is 0 Å². The van der Waals surface area contributed by atoms with Gasteiger partial charge in [0.2, 0.25) is 0 Å². The maximum atomic E-state index is 4.30. The summed E-state index contributed by atoms with van der Waals surface area (Å²) in [6.07, 6.45) is 1.86. The summed E-state index contributed by atoms with van der Waals surface area (Å²) in [4.78, 5) is 4.30. The minimum absolute atomic E-state index is 0.356. The third-order valence-electron chi connectivity index (χ3n) is 1.89. The van der Waals surface area contributed by atoms with Crippen LogP contribution in [0.1, 0.15) is 31.1 Å². The molecule has 1 aromatic heterocycles. The minimum atomic E-state index is 0.356. The van der Waals surface area contributed by atoms with Crippen molar-refractivity contribution in [2.75, 3.05) is 6.54 Å². The highest BCUT2D eigenvalue weighted by Crippen LogP contribution is 2.09. The molecule has 1 aromatic rings. The molecule has 0 aromatic carbocycles. The Morgan fingerprint density at radius 3 is 2.92 bits per heavy atom. The predicted molar refractivity (Wildman–Crippen MR) is 51.1 cm³/mol. The van der Waals surface area contributed by atoms with Gasteiger partial charge in [0.05, 0.1) is 5.69 Å². The minimum Gasteiger partial charge on any atom is -0.309 e. The van der Waals surface area contributed by atoms with Crippen LogP contribution in [0, 0.1) is 6.92 Å². The number of aromatic nitrogens is 1.